The molecule has 0 aliphatic carbocycles. The molecule has 1 aromatic carbocycles. The number of rotatable bonds is 6. The number of benzene rings is 1. The molecule has 21 heavy (non-hydrogen) atoms. The Morgan fingerprint density at radius 1 is 1.29 bits per heavy atom. The summed E-state index contributed by atoms with van der Waals surface area (Å²) in [5, 5.41) is 9.78. The second-order valence-corrected chi connectivity index (χ2v) is 5.54. The highest BCUT2D eigenvalue weighted by molar-refractivity contribution is 5.38. The van der Waals surface area contributed by atoms with Crippen LogP contribution in [0, 0.1) is 0 Å². The number of hydrogen-bond donors (Lipinski definition) is 1. The zero-order chi connectivity index (χ0) is 15.4. The van der Waals surface area contributed by atoms with Gasteiger partial charge in [0, 0.05) is 23.9 Å². The molecule has 1 aromatic heterocycles. The molecule has 114 valence electrons. The van der Waals surface area contributed by atoms with Gasteiger partial charge in [0.05, 0.1) is 19.3 Å². The number of imidazole rings is 1. The van der Waals surface area contributed by atoms with E-state index in [1.54, 1.807) is 6.92 Å². The van der Waals surface area contributed by atoms with E-state index in [-0.39, 0.29) is 0 Å². The highest BCUT2D eigenvalue weighted by atomic mass is 16.5. The highest BCUT2D eigenvalue weighted by Gasteiger charge is 2.12. The van der Waals surface area contributed by atoms with E-state index in [9.17, 15) is 5.11 Å². The van der Waals surface area contributed by atoms with Crippen molar-refractivity contribution in [1.82, 2.24) is 9.55 Å². The fourth-order valence-corrected chi connectivity index (χ4v) is 2.42. The van der Waals surface area contributed by atoms with Gasteiger partial charge in [0.2, 0.25) is 0 Å². The van der Waals surface area contributed by atoms with Crippen molar-refractivity contribution < 1.29 is 9.84 Å². The van der Waals surface area contributed by atoms with E-state index in [1.165, 1.54) is 0 Å². The van der Waals surface area contributed by atoms with Crippen LogP contribution in [-0.4, -0.2) is 21.3 Å². The van der Waals surface area contributed by atoms with Crippen molar-refractivity contribution in [2.45, 2.75) is 46.3 Å². The number of nitrogens with zero attached hydrogens (tertiary/aromatic N) is 2. The highest BCUT2D eigenvalue weighted by Crippen LogP contribution is 2.25. The van der Waals surface area contributed by atoms with Gasteiger partial charge in [0.1, 0.15) is 11.6 Å². The summed E-state index contributed by atoms with van der Waals surface area (Å²) < 4.78 is 7.84. The molecule has 2 aromatic rings. The van der Waals surface area contributed by atoms with Crippen molar-refractivity contribution in [2.24, 2.45) is 0 Å². The Hall–Kier alpha value is -1.81. The summed E-state index contributed by atoms with van der Waals surface area (Å²) in [5.74, 6) is 2.29. The quantitative estimate of drug-likeness (QED) is 0.885. The molecule has 1 atom stereocenters. The third-order valence-electron chi connectivity index (χ3n) is 3.47. The van der Waals surface area contributed by atoms with Gasteiger partial charge in [-0.25, -0.2) is 4.98 Å². The van der Waals surface area contributed by atoms with Crippen molar-refractivity contribution in [2.75, 3.05) is 6.61 Å². The Morgan fingerprint density at radius 3 is 2.67 bits per heavy atom. The molecule has 1 unspecified atom stereocenters. The number of aliphatic hydroxyl groups excluding tert-OH is 1. The maximum atomic E-state index is 9.78. The molecule has 0 saturated carbocycles. The smallest absolute Gasteiger partial charge is 0.124 e. The molecule has 0 fully saturated rings. The van der Waals surface area contributed by atoms with Gasteiger partial charge in [0.15, 0.2) is 0 Å². The lowest BCUT2D eigenvalue weighted by Crippen LogP contribution is -2.08. The minimum Gasteiger partial charge on any atom is -0.494 e. The first-order chi connectivity index (χ1) is 10.0. The van der Waals surface area contributed by atoms with Crippen LogP contribution in [0.25, 0.3) is 0 Å². The fourth-order valence-electron chi connectivity index (χ4n) is 2.42. The van der Waals surface area contributed by atoms with Gasteiger partial charge >= 0.3 is 0 Å². The van der Waals surface area contributed by atoms with Crippen LogP contribution in [0.5, 0.6) is 5.75 Å². The molecule has 0 radical (unpaired) electrons. The largest absolute Gasteiger partial charge is 0.494 e. The third-order valence-corrected chi connectivity index (χ3v) is 3.47. The van der Waals surface area contributed by atoms with Gasteiger partial charge < -0.3 is 14.4 Å². The molecule has 0 amide bonds. The van der Waals surface area contributed by atoms with Crippen LogP contribution >= 0.6 is 0 Å². The summed E-state index contributed by atoms with van der Waals surface area (Å²) >= 11 is 0. The Labute approximate surface area is 126 Å². The number of aromatic nitrogens is 2. The Kier molecular flexibility index (Phi) is 5.02. The van der Waals surface area contributed by atoms with E-state index in [0.717, 1.165) is 22.7 Å². The lowest BCUT2D eigenvalue weighted by Gasteiger charge is -2.16. The van der Waals surface area contributed by atoms with Crippen LogP contribution in [-0.2, 0) is 6.54 Å². The van der Waals surface area contributed by atoms with Crippen molar-refractivity contribution >= 4 is 0 Å². The molecule has 0 saturated heterocycles. The van der Waals surface area contributed by atoms with Gasteiger partial charge in [0.25, 0.3) is 0 Å². The predicted octanol–water partition coefficient (Wildman–Crippen LogP) is 3.51. The average molecular weight is 288 g/mol. The van der Waals surface area contributed by atoms with Gasteiger partial charge in [-0.2, -0.15) is 0 Å². The molecule has 0 aliphatic rings. The fraction of sp³-hybridized carbons (Fsp3) is 0.471. The number of hydrogen-bond acceptors (Lipinski definition) is 3. The summed E-state index contributed by atoms with van der Waals surface area (Å²) in [6.45, 7) is 9.34. The van der Waals surface area contributed by atoms with Crippen molar-refractivity contribution in [3.05, 3.63) is 47.5 Å². The van der Waals surface area contributed by atoms with E-state index in [1.807, 2.05) is 37.5 Å². The minimum absolute atomic E-state index is 0.371. The van der Waals surface area contributed by atoms with Crippen molar-refractivity contribution in [1.29, 1.82) is 0 Å². The Bertz CT molecular complexity index is 588. The summed E-state index contributed by atoms with van der Waals surface area (Å²) in [6.07, 6.45) is 3.33. The van der Waals surface area contributed by atoms with Crippen LogP contribution < -0.4 is 4.74 Å². The molecule has 0 bridgehead atoms. The maximum absolute atomic E-state index is 9.78. The van der Waals surface area contributed by atoms with Crippen molar-refractivity contribution in [3.8, 4) is 5.75 Å². The summed E-state index contributed by atoms with van der Waals surface area (Å²) in [4.78, 5) is 4.42. The first-order valence-electron chi connectivity index (χ1n) is 7.47. The zero-order valence-electron chi connectivity index (χ0n) is 13.2. The van der Waals surface area contributed by atoms with Crippen molar-refractivity contribution in [3.63, 3.8) is 0 Å². The SMILES string of the molecule is CCOc1ccc(C(C)O)cc1Cn1ccnc1C(C)C. The van der Waals surface area contributed by atoms with E-state index in [0.29, 0.717) is 19.1 Å². The molecule has 4 heteroatoms. The topological polar surface area (TPSA) is 47.3 Å². The number of aliphatic hydroxyl groups is 1. The Balaban J connectivity index is 2.36. The maximum Gasteiger partial charge on any atom is 0.124 e. The lowest BCUT2D eigenvalue weighted by molar-refractivity contribution is 0.199. The van der Waals surface area contributed by atoms with Crippen LogP contribution in [0.1, 0.15) is 56.7 Å². The molecular formula is C17H24N2O2. The van der Waals surface area contributed by atoms with E-state index >= 15 is 0 Å². The van der Waals surface area contributed by atoms with Gasteiger partial charge in [-0.3, -0.25) is 0 Å². The molecule has 1 N–H and O–H groups in total. The van der Waals surface area contributed by atoms with Crippen LogP contribution in [0.2, 0.25) is 0 Å². The minimum atomic E-state index is -0.480. The van der Waals surface area contributed by atoms with Crippen LogP contribution in [0.4, 0.5) is 0 Å². The molecule has 0 aliphatic heterocycles. The number of ether oxygens (including phenoxy) is 1. The third kappa shape index (κ3) is 3.64. The monoisotopic (exact) mass is 288 g/mol. The molecule has 1 heterocycles. The first-order valence-corrected chi connectivity index (χ1v) is 7.47. The second kappa shape index (κ2) is 6.76. The molecular weight excluding hydrogens is 264 g/mol. The average Bonchev–Trinajstić information content (AvgIpc) is 2.89. The lowest BCUT2D eigenvalue weighted by atomic mass is 10.1. The van der Waals surface area contributed by atoms with E-state index < -0.39 is 6.10 Å². The zero-order valence-corrected chi connectivity index (χ0v) is 13.2. The van der Waals surface area contributed by atoms with Gasteiger partial charge in [-0.1, -0.05) is 19.9 Å². The first kappa shape index (κ1) is 15.6. The predicted molar refractivity (Wildman–Crippen MR) is 83.7 cm³/mol. The van der Waals surface area contributed by atoms with Gasteiger partial charge in [-0.15, -0.1) is 0 Å². The van der Waals surface area contributed by atoms with Crippen LogP contribution in [0.15, 0.2) is 30.6 Å². The summed E-state index contributed by atoms with van der Waals surface area (Å²) in [5.41, 5.74) is 1.97. The van der Waals surface area contributed by atoms with E-state index in [2.05, 4.69) is 23.4 Å². The summed E-state index contributed by atoms with van der Waals surface area (Å²) in [7, 11) is 0. The second-order valence-electron chi connectivity index (χ2n) is 5.54. The molecule has 0 spiro atoms. The molecule has 4 nitrogen and oxygen atoms in total. The van der Waals surface area contributed by atoms with Crippen LogP contribution in [0.3, 0.4) is 0 Å². The van der Waals surface area contributed by atoms with E-state index in [4.69, 9.17) is 4.74 Å². The molecule has 2 rings (SSSR count). The Morgan fingerprint density at radius 2 is 2.05 bits per heavy atom. The standard InChI is InChI=1S/C17H24N2O2/c1-5-21-16-7-6-14(13(4)20)10-15(16)11-19-9-8-18-17(19)12(2)3/h6-10,12-13,20H,5,11H2,1-4H3. The summed E-state index contributed by atoms with van der Waals surface area (Å²) in [6, 6.07) is 5.86. The normalized spacial score (nSPS) is 12.7. The van der Waals surface area contributed by atoms with Gasteiger partial charge in [-0.05, 0) is 31.5 Å².